The first-order valence-electron chi connectivity index (χ1n) is 7.65. The number of hydrogen-bond acceptors (Lipinski definition) is 2. The van der Waals surface area contributed by atoms with Gasteiger partial charge in [0.15, 0.2) is 0 Å². The van der Waals surface area contributed by atoms with Crippen molar-refractivity contribution >= 4 is 35.1 Å². The molecule has 1 atom stereocenters. The summed E-state index contributed by atoms with van der Waals surface area (Å²) in [5.74, 6) is -0.244. The lowest BCUT2D eigenvalue weighted by Gasteiger charge is -2.15. The molecule has 0 saturated carbocycles. The zero-order valence-electron chi connectivity index (χ0n) is 12.8. The Hall–Kier alpha value is -2.04. The van der Waals surface area contributed by atoms with Crippen molar-refractivity contribution in [1.29, 1.82) is 0 Å². The Bertz CT molecular complexity index is 745. The van der Waals surface area contributed by atoms with E-state index in [9.17, 15) is 9.59 Å². The lowest BCUT2D eigenvalue weighted by Crippen LogP contribution is -2.31. The first-order chi connectivity index (χ1) is 11.6. The smallest absolute Gasteiger partial charge is 0.325 e. The van der Waals surface area contributed by atoms with Gasteiger partial charge in [-0.15, -0.1) is 0 Å². The first-order valence-corrected chi connectivity index (χ1v) is 8.40. The number of urea groups is 1. The fourth-order valence-corrected chi connectivity index (χ4v) is 3.24. The number of halogens is 2. The Labute approximate surface area is 150 Å². The molecule has 3 rings (SSSR count). The number of hydrogen-bond donors (Lipinski definition) is 1. The van der Waals surface area contributed by atoms with Crippen LogP contribution in [0.1, 0.15) is 17.5 Å². The number of imide groups is 1. The molecule has 1 N–H and O–H groups in total. The van der Waals surface area contributed by atoms with Crippen molar-refractivity contribution in [2.45, 2.75) is 25.4 Å². The highest BCUT2D eigenvalue weighted by molar-refractivity contribution is 6.36. The third-order valence-electron chi connectivity index (χ3n) is 4.05. The summed E-state index contributed by atoms with van der Waals surface area (Å²) in [7, 11) is 0. The van der Waals surface area contributed by atoms with Gasteiger partial charge < -0.3 is 5.32 Å². The van der Waals surface area contributed by atoms with Gasteiger partial charge in [0.05, 0.1) is 6.54 Å². The standard InChI is InChI=1S/C18H16Cl2N2O2/c19-14-7-4-8-15(20)13(14)11-22-17(23)16(21-18(22)24)10-9-12-5-2-1-3-6-12/h1-8,16H,9-11H2,(H,21,24). The van der Waals surface area contributed by atoms with Gasteiger partial charge in [-0.05, 0) is 30.5 Å². The molecule has 0 radical (unpaired) electrons. The van der Waals surface area contributed by atoms with Crippen molar-refractivity contribution in [2.24, 2.45) is 0 Å². The van der Waals surface area contributed by atoms with Crippen LogP contribution >= 0.6 is 23.2 Å². The molecule has 0 bridgehead atoms. The van der Waals surface area contributed by atoms with Crippen LogP contribution in [0, 0.1) is 0 Å². The van der Waals surface area contributed by atoms with Crippen LogP contribution in [-0.2, 0) is 17.8 Å². The van der Waals surface area contributed by atoms with Crippen LogP contribution in [0.3, 0.4) is 0 Å². The topological polar surface area (TPSA) is 49.4 Å². The number of aryl methyl sites for hydroxylation is 1. The van der Waals surface area contributed by atoms with Gasteiger partial charge >= 0.3 is 6.03 Å². The van der Waals surface area contributed by atoms with E-state index < -0.39 is 12.1 Å². The van der Waals surface area contributed by atoms with E-state index in [4.69, 9.17) is 23.2 Å². The SMILES string of the molecule is O=C1NC(CCc2ccccc2)C(=O)N1Cc1c(Cl)cccc1Cl. The molecule has 1 saturated heterocycles. The van der Waals surface area contributed by atoms with E-state index in [1.165, 1.54) is 4.90 Å². The molecule has 1 aliphatic rings. The molecule has 2 aromatic carbocycles. The van der Waals surface area contributed by atoms with Crippen molar-refractivity contribution in [1.82, 2.24) is 10.2 Å². The minimum atomic E-state index is -0.515. The number of amides is 3. The molecule has 1 unspecified atom stereocenters. The van der Waals surface area contributed by atoms with Crippen LogP contribution in [0.2, 0.25) is 10.0 Å². The largest absolute Gasteiger partial charge is 0.326 e. The number of nitrogens with zero attached hydrogens (tertiary/aromatic N) is 1. The molecule has 4 nitrogen and oxygen atoms in total. The van der Waals surface area contributed by atoms with Gasteiger partial charge in [-0.25, -0.2) is 4.79 Å². The van der Waals surface area contributed by atoms with Gasteiger partial charge in [0.25, 0.3) is 5.91 Å². The molecule has 24 heavy (non-hydrogen) atoms. The number of carbonyl (C=O) groups excluding carboxylic acids is 2. The van der Waals surface area contributed by atoms with Crippen LogP contribution in [0.4, 0.5) is 4.79 Å². The van der Waals surface area contributed by atoms with Crippen molar-refractivity contribution < 1.29 is 9.59 Å². The molecule has 6 heteroatoms. The first kappa shape index (κ1) is 16.8. The molecule has 1 fully saturated rings. The van der Waals surface area contributed by atoms with Crippen LogP contribution < -0.4 is 5.32 Å². The maximum absolute atomic E-state index is 12.5. The molecule has 1 aliphatic heterocycles. The third kappa shape index (κ3) is 3.55. The van der Waals surface area contributed by atoms with Gasteiger partial charge in [-0.2, -0.15) is 0 Å². The lowest BCUT2D eigenvalue weighted by molar-refractivity contribution is -0.128. The van der Waals surface area contributed by atoms with Crippen LogP contribution in [0.25, 0.3) is 0 Å². The average molecular weight is 363 g/mol. The summed E-state index contributed by atoms with van der Waals surface area (Å²) in [5.41, 5.74) is 1.71. The maximum Gasteiger partial charge on any atom is 0.325 e. The number of carbonyl (C=O) groups is 2. The number of nitrogens with one attached hydrogen (secondary N) is 1. The van der Waals surface area contributed by atoms with E-state index in [0.717, 1.165) is 12.0 Å². The van der Waals surface area contributed by atoms with Gasteiger partial charge in [0, 0.05) is 15.6 Å². The number of benzene rings is 2. The third-order valence-corrected chi connectivity index (χ3v) is 4.76. The zero-order valence-corrected chi connectivity index (χ0v) is 14.3. The fraction of sp³-hybridized carbons (Fsp3) is 0.222. The second-order valence-electron chi connectivity index (χ2n) is 5.65. The normalized spacial score (nSPS) is 17.2. The van der Waals surface area contributed by atoms with Crippen LogP contribution in [-0.4, -0.2) is 22.9 Å². The van der Waals surface area contributed by atoms with E-state index in [0.29, 0.717) is 22.0 Å². The van der Waals surface area contributed by atoms with Gasteiger partial charge in [-0.1, -0.05) is 59.6 Å². The Balaban J connectivity index is 1.68. The Morgan fingerprint density at radius 3 is 2.29 bits per heavy atom. The highest BCUT2D eigenvalue weighted by Crippen LogP contribution is 2.27. The fourth-order valence-electron chi connectivity index (χ4n) is 2.72. The zero-order chi connectivity index (χ0) is 17.1. The summed E-state index contributed by atoms with van der Waals surface area (Å²) in [4.78, 5) is 25.8. The molecular weight excluding hydrogens is 347 g/mol. The molecule has 1 heterocycles. The average Bonchev–Trinajstić information content (AvgIpc) is 2.84. The molecule has 2 aromatic rings. The van der Waals surface area contributed by atoms with E-state index >= 15 is 0 Å². The van der Waals surface area contributed by atoms with E-state index in [1.807, 2.05) is 30.3 Å². The second kappa shape index (κ2) is 7.24. The van der Waals surface area contributed by atoms with Gasteiger partial charge in [0.1, 0.15) is 6.04 Å². The quantitative estimate of drug-likeness (QED) is 0.815. The summed E-state index contributed by atoms with van der Waals surface area (Å²) < 4.78 is 0. The summed E-state index contributed by atoms with van der Waals surface area (Å²) in [6.07, 6.45) is 1.28. The Morgan fingerprint density at radius 1 is 0.958 bits per heavy atom. The van der Waals surface area contributed by atoms with E-state index in [2.05, 4.69) is 5.32 Å². The Morgan fingerprint density at radius 2 is 1.62 bits per heavy atom. The van der Waals surface area contributed by atoms with Gasteiger partial charge in [-0.3, -0.25) is 9.69 Å². The van der Waals surface area contributed by atoms with Crippen molar-refractivity contribution in [3.05, 3.63) is 69.7 Å². The highest BCUT2D eigenvalue weighted by Gasteiger charge is 2.38. The number of rotatable bonds is 5. The molecule has 124 valence electrons. The predicted molar refractivity (Wildman–Crippen MR) is 94.1 cm³/mol. The minimum absolute atomic E-state index is 0.0744. The highest BCUT2D eigenvalue weighted by atomic mass is 35.5. The predicted octanol–water partition coefficient (Wildman–Crippen LogP) is 4.05. The van der Waals surface area contributed by atoms with Gasteiger partial charge in [0.2, 0.25) is 0 Å². The van der Waals surface area contributed by atoms with Crippen molar-refractivity contribution in [2.75, 3.05) is 0 Å². The second-order valence-corrected chi connectivity index (χ2v) is 6.47. The maximum atomic E-state index is 12.5. The molecular formula is C18H16Cl2N2O2. The molecule has 0 spiro atoms. The van der Waals surface area contributed by atoms with Crippen molar-refractivity contribution in [3.8, 4) is 0 Å². The summed E-state index contributed by atoms with van der Waals surface area (Å²) in [6, 6.07) is 14.0. The summed E-state index contributed by atoms with van der Waals surface area (Å²) in [5, 5.41) is 3.62. The minimum Gasteiger partial charge on any atom is -0.326 e. The molecule has 3 amide bonds. The van der Waals surface area contributed by atoms with Crippen LogP contribution in [0.15, 0.2) is 48.5 Å². The molecule has 0 aliphatic carbocycles. The van der Waals surface area contributed by atoms with Crippen molar-refractivity contribution in [3.63, 3.8) is 0 Å². The summed E-state index contributed by atoms with van der Waals surface area (Å²) in [6.45, 7) is 0.0744. The van der Waals surface area contributed by atoms with E-state index in [1.54, 1.807) is 18.2 Å². The summed E-state index contributed by atoms with van der Waals surface area (Å²) >= 11 is 12.3. The Kier molecular flexibility index (Phi) is 5.07. The lowest BCUT2D eigenvalue weighted by atomic mass is 10.1. The monoisotopic (exact) mass is 362 g/mol. The van der Waals surface area contributed by atoms with Crippen LogP contribution in [0.5, 0.6) is 0 Å². The molecule has 0 aromatic heterocycles. The van der Waals surface area contributed by atoms with E-state index in [-0.39, 0.29) is 12.5 Å².